The van der Waals surface area contributed by atoms with E-state index >= 15 is 0 Å². The van der Waals surface area contributed by atoms with Crippen LogP contribution in [-0.4, -0.2) is 19.8 Å². The van der Waals surface area contributed by atoms with Crippen LogP contribution in [0.3, 0.4) is 0 Å². The van der Waals surface area contributed by atoms with Gasteiger partial charge in [0.05, 0.1) is 12.7 Å². The van der Waals surface area contributed by atoms with Gasteiger partial charge in [0.15, 0.2) is 0 Å². The average molecular weight is 131 g/mol. The summed E-state index contributed by atoms with van der Waals surface area (Å²) in [5.41, 5.74) is 0. The van der Waals surface area contributed by atoms with Gasteiger partial charge in [0.1, 0.15) is 0 Å². The molecule has 0 rings (SSSR count). The quantitative estimate of drug-likeness (QED) is 0.528. The maximum Gasteiger partial charge on any atom is 0.0862 e. The van der Waals surface area contributed by atoms with Crippen molar-refractivity contribution in [2.24, 2.45) is 0 Å². The molecule has 0 spiro atoms. The predicted octanol–water partition coefficient (Wildman–Crippen LogP) is 1.61. The molecule has 0 aromatic heterocycles. The number of ether oxygens (including phenoxy) is 2. The molecule has 2 nitrogen and oxygen atoms in total. The molecule has 0 aromatic carbocycles. The molecule has 1 radical (unpaired) electrons. The first-order valence-corrected chi connectivity index (χ1v) is 3.27. The van der Waals surface area contributed by atoms with Crippen LogP contribution in [-0.2, 0) is 9.47 Å². The molecule has 9 heavy (non-hydrogen) atoms. The van der Waals surface area contributed by atoms with E-state index in [4.69, 9.17) is 9.47 Å². The third-order valence-electron chi connectivity index (χ3n) is 1.12. The Morgan fingerprint density at radius 1 is 1.56 bits per heavy atom. The van der Waals surface area contributed by atoms with E-state index < -0.39 is 0 Å². The Labute approximate surface area is 57.2 Å². The molecule has 1 unspecified atom stereocenters. The van der Waals surface area contributed by atoms with Gasteiger partial charge in [-0.15, -0.1) is 0 Å². The van der Waals surface area contributed by atoms with Gasteiger partial charge in [0.2, 0.25) is 0 Å². The van der Waals surface area contributed by atoms with Crippen LogP contribution < -0.4 is 0 Å². The average Bonchev–Trinajstić information content (AvgIpc) is 1.89. The van der Waals surface area contributed by atoms with E-state index in [1.165, 1.54) is 0 Å². The summed E-state index contributed by atoms with van der Waals surface area (Å²) in [6.07, 6.45) is 1.14. The molecule has 0 N–H and O–H groups in total. The van der Waals surface area contributed by atoms with Gasteiger partial charge in [-0.05, 0) is 13.8 Å². The van der Waals surface area contributed by atoms with Crippen LogP contribution in [0.5, 0.6) is 0 Å². The molecular weight excluding hydrogens is 116 g/mol. The molecule has 0 aromatic rings. The third-order valence-corrected chi connectivity index (χ3v) is 1.12. The summed E-state index contributed by atoms with van der Waals surface area (Å²) in [6, 6.07) is 0. The lowest BCUT2D eigenvalue weighted by atomic mass is 10.3. The second-order valence-corrected chi connectivity index (χ2v) is 1.90. The first kappa shape index (κ1) is 8.92. The van der Waals surface area contributed by atoms with Gasteiger partial charge in [-0.2, -0.15) is 0 Å². The normalized spacial score (nSPS) is 13.7. The lowest BCUT2D eigenvalue weighted by Crippen LogP contribution is -2.05. The van der Waals surface area contributed by atoms with Crippen molar-refractivity contribution in [2.75, 3.05) is 13.7 Å². The van der Waals surface area contributed by atoms with Crippen molar-refractivity contribution in [1.82, 2.24) is 0 Å². The first-order valence-electron chi connectivity index (χ1n) is 3.27. The smallest absolute Gasteiger partial charge is 0.0862 e. The van der Waals surface area contributed by atoms with E-state index in [9.17, 15) is 0 Å². The highest BCUT2D eigenvalue weighted by molar-refractivity contribution is 4.56. The zero-order valence-corrected chi connectivity index (χ0v) is 6.39. The third kappa shape index (κ3) is 5.80. The highest BCUT2D eigenvalue weighted by Gasteiger charge is 1.97. The molecule has 0 amide bonds. The summed E-state index contributed by atoms with van der Waals surface area (Å²) >= 11 is 0. The summed E-state index contributed by atoms with van der Waals surface area (Å²) in [4.78, 5) is 0. The molecular formula is C7H15O2. The van der Waals surface area contributed by atoms with Crippen LogP contribution in [0.4, 0.5) is 0 Å². The monoisotopic (exact) mass is 131 g/mol. The summed E-state index contributed by atoms with van der Waals surface area (Å²) in [7, 11) is 1.70. The Hall–Kier alpha value is -0.0800. The molecule has 1 atom stereocenters. The van der Waals surface area contributed by atoms with Crippen LogP contribution in [0.15, 0.2) is 0 Å². The van der Waals surface area contributed by atoms with Crippen LogP contribution >= 0.6 is 0 Å². The molecule has 0 bridgehead atoms. The van der Waals surface area contributed by atoms with Gasteiger partial charge in [0, 0.05) is 20.1 Å². The molecule has 0 saturated heterocycles. The van der Waals surface area contributed by atoms with E-state index in [0.717, 1.165) is 13.0 Å². The van der Waals surface area contributed by atoms with Crippen molar-refractivity contribution in [3.63, 3.8) is 0 Å². The standard InChI is InChI=1S/C7H15O2/c1-4-9-6-5-7(2)8-3/h6-7H,4-5H2,1-3H3. The minimum absolute atomic E-state index is 0.275. The fourth-order valence-corrected chi connectivity index (χ4v) is 0.418. The summed E-state index contributed by atoms with van der Waals surface area (Å²) in [5, 5.41) is 0. The van der Waals surface area contributed by atoms with Gasteiger partial charge < -0.3 is 9.47 Å². The van der Waals surface area contributed by atoms with Crippen molar-refractivity contribution in [3.8, 4) is 0 Å². The topological polar surface area (TPSA) is 18.5 Å². The Balaban J connectivity index is 2.88. The zero-order chi connectivity index (χ0) is 7.11. The minimum Gasteiger partial charge on any atom is -0.382 e. The summed E-state index contributed by atoms with van der Waals surface area (Å²) in [6.45, 7) is 6.51. The summed E-state index contributed by atoms with van der Waals surface area (Å²) in [5.74, 6) is 0. The Morgan fingerprint density at radius 2 is 2.22 bits per heavy atom. The molecule has 0 saturated carbocycles. The largest absolute Gasteiger partial charge is 0.382 e. The number of methoxy groups -OCH3 is 1. The zero-order valence-electron chi connectivity index (χ0n) is 6.39. The van der Waals surface area contributed by atoms with E-state index in [0.29, 0.717) is 0 Å². The van der Waals surface area contributed by atoms with Crippen molar-refractivity contribution in [1.29, 1.82) is 0 Å². The highest BCUT2D eigenvalue weighted by atomic mass is 16.5. The van der Waals surface area contributed by atoms with Crippen LogP contribution in [0.2, 0.25) is 0 Å². The van der Waals surface area contributed by atoms with Crippen molar-refractivity contribution in [3.05, 3.63) is 6.61 Å². The van der Waals surface area contributed by atoms with Gasteiger partial charge in [0.25, 0.3) is 0 Å². The second kappa shape index (κ2) is 6.05. The Bertz CT molecular complexity index is 54.9. The van der Waals surface area contributed by atoms with E-state index in [2.05, 4.69) is 0 Å². The van der Waals surface area contributed by atoms with Gasteiger partial charge in [-0.3, -0.25) is 0 Å². The van der Waals surface area contributed by atoms with Crippen molar-refractivity contribution >= 4 is 0 Å². The van der Waals surface area contributed by atoms with Crippen molar-refractivity contribution in [2.45, 2.75) is 26.4 Å². The highest BCUT2D eigenvalue weighted by Crippen LogP contribution is 1.98. The van der Waals surface area contributed by atoms with Crippen molar-refractivity contribution < 1.29 is 9.47 Å². The van der Waals surface area contributed by atoms with E-state index in [1.807, 2.05) is 13.8 Å². The lowest BCUT2D eigenvalue weighted by molar-refractivity contribution is 0.0930. The molecule has 2 heteroatoms. The minimum atomic E-state index is 0.275. The van der Waals surface area contributed by atoms with E-state index in [1.54, 1.807) is 13.7 Å². The van der Waals surface area contributed by atoms with Crippen LogP contribution in [0.25, 0.3) is 0 Å². The fraction of sp³-hybridized carbons (Fsp3) is 0.857. The maximum atomic E-state index is 5.00. The molecule has 0 aliphatic carbocycles. The molecule has 55 valence electrons. The molecule has 0 aliphatic heterocycles. The van der Waals surface area contributed by atoms with Gasteiger partial charge in [-0.25, -0.2) is 0 Å². The first-order chi connectivity index (χ1) is 4.31. The number of hydrogen-bond acceptors (Lipinski definition) is 2. The van der Waals surface area contributed by atoms with Crippen LogP contribution in [0, 0.1) is 6.61 Å². The number of rotatable bonds is 5. The summed E-state index contributed by atoms with van der Waals surface area (Å²) < 4.78 is 9.99. The van der Waals surface area contributed by atoms with Gasteiger partial charge >= 0.3 is 0 Å². The Morgan fingerprint density at radius 3 is 2.67 bits per heavy atom. The molecule has 0 fully saturated rings. The SMILES string of the molecule is CCO[CH]CC(C)OC. The molecule has 0 heterocycles. The molecule has 0 aliphatic rings. The van der Waals surface area contributed by atoms with Gasteiger partial charge in [-0.1, -0.05) is 0 Å². The predicted molar refractivity (Wildman–Crippen MR) is 37.0 cm³/mol. The maximum absolute atomic E-state index is 5.00. The second-order valence-electron chi connectivity index (χ2n) is 1.90. The lowest BCUT2D eigenvalue weighted by Gasteiger charge is -2.06. The van der Waals surface area contributed by atoms with E-state index in [-0.39, 0.29) is 6.10 Å². The fourth-order valence-electron chi connectivity index (χ4n) is 0.418. The Kier molecular flexibility index (Phi) is 5.99. The number of hydrogen-bond donors (Lipinski definition) is 0. The van der Waals surface area contributed by atoms with Crippen LogP contribution in [0.1, 0.15) is 20.3 Å².